The third kappa shape index (κ3) is 3.39. The summed E-state index contributed by atoms with van der Waals surface area (Å²) in [6, 6.07) is 0.583. The van der Waals surface area contributed by atoms with Crippen molar-refractivity contribution in [2.75, 3.05) is 0 Å². The summed E-state index contributed by atoms with van der Waals surface area (Å²) >= 11 is 1.77. The van der Waals surface area contributed by atoms with Gasteiger partial charge in [-0.3, -0.25) is 0 Å². The zero-order valence-corrected chi connectivity index (χ0v) is 10.3. The molecule has 3 heteroatoms. The van der Waals surface area contributed by atoms with Gasteiger partial charge in [-0.15, -0.1) is 11.3 Å². The van der Waals surface area contributed by atoms with Crippen LogP contribution < -0.4 is 5.32 Å². The van der Waals surface area contributed by atoms with Crippen LogP contribution in [-0.2, 0) is 6.54 Å². The molecular formula is C11H20N2S. The van der Waals surface area contributed by atoms with E-state index < -0.39 is 0 Å². The van der Waals surface area contributed by atoms with Gasteiger partial charge < -0.3 is 5.32 Å². The van der Waals surface area contributed by atoms with E-state index in [1.165, 1.54) is 17.1 Å². The summed E-state index contributed by atoms with van der Waals surface area (Å²) in [6.45, 7) is 9.67. The monoisotopic (exact) mass is 212 g/mol. The Bertz CT molecular complexity index is 268. The predicted molar refractivity (Wildman–Crippen MR) is 62.8 cm³/mol. The highest BCUT2D eigenvalue weighted by atomic mass is 32.1. The van der Waals surface area contributed by atoms with Gasteiger partial charge >= 0.3 is 0 Å². The van der Waals surface area contributed by atoms with Gasteiger partial charge in [0.05, 0.1) is 10.7 Å². The van der Waals surface area contributed by atoms with Crippen LogP contribution in [-0.4, -0.2) is 11.0 Å². The van der Waals surface area contributed by atoms with Crippen molar-refractivity contribution < 1.29 is 0 Å². The molecular weight excluding hydrogens is 192 g/mol. The Morgan fingerprint density at radius 3 is 2.64 bits per heavy atom. The highest BCUT2D eigenvalue weighted by molar-refractivity contribution is 7.09. The molecule has 0 radical (unpaired) electrons. The van der Waals surface area contributed by atoms with E-state index in [-0.39, 0.29) is 0 Å². The second-order valence-corrected chi connectivity index (χ2v) is 4.91. The van der Waals surface area contributed by atoms with E-state index in [1.54, 1.807) is 11.3 Å². The lowest BCUT2D eigenvalue weighted by Gasteiger charge is -2.08. The Hall–Kier alpha value is -0.410. The molecule has 0 aromatic carbocycles. The molecule has 1 unspecified atom stereocenters. The molecule has 2 nitrogen and oxygen atoms in total. The minimum Gasteiger partial charge on any atom is -0.309 e. The number of thiazole rings is 1. The van der Waals surface area contributed by atoms with Gasteiger partial charge in [-0.1, -0.05) is 20.8 Å². The van der Waals surface area contributed by atoms with Crippen molar-refractivity contribution in [2.24, 2.45) is 0 Å². The van der Waals surface area contributed by atoms with Gasteiger partial charge in [0.1, 0.15) is 0 Å². The summed E-state index contributed by atoms with van der Waals surface area (Å²) in [7, 11) is 0. The molecule has 14 heavy (non-hydrogen) atoms. The summed E-state index contributed by atoms with van der Waals surface area (Å²) in [5, 5.41) is 6.84. The van der Waals surface area contributed by atoms with Crippen molar-refractivity contribution in [3.05, 3.63) is 16.1 Å². The average molecular weight is 212 g/mol. The van der Waals surface area contributed by atoms with Crippen LogP contribution >= 0.6 is 11.3 Å². The first-order chi connectivity index (χ1) is 6.63. The van der Waals surface area contributed by atoms with Crippen molar-refractivity contribution in [1.29, 1.82) is 0 Å². The largest absolute Gasteiger partial charge is 0.309 e. The van der Waals surface area contributed by atoms with E-state index >= 15 is 0 Å². The standard InChI is InChI=1S/C11H20N2S/c1-5-9(4)12-6-10-7-14-11(13-10)8(2)3/h7-9,12H,5-6H2,1-4H3. The summed E-state index contributed by atoms with van der Waals surface area (Å²) in [5.74, 6) is 0.553. The van der Waals surface area contributed by atoms with Gasteiger partial charge in [0.25, 0.3) is 0 Å². The summed E-state index contributed by atoms with van der Waals surface area (Å²) in [4.78, 5) is 4.57. The molecule has 0 fully saturated rings. The molecule has 1 aromatic heterocycles. The first-order valence-corrected chi connectivity index (χ1v) is 6.19. The number of nitrogens with one attached hydrogen (secondary N) is 1. The third-order valence-electron chi connectivity index (χ3n) is 2.31. The van der Waals surface area contributed by atoms with Gasteiger partial charge in [0.15, 0.2) is 0 Å². The predicted octanol–water partition coefficient (Wildman–Crippen LogP) is 3.15. The molecule has 1 aromatic rings. The quantitative estimate of drug-likeness (QED) is 0.811. The molecule has 0 bridgehead atoms. The maximum Gasteiger partial charge on any atom is 0.0954 e. The number of aromatic nitrogens is 1. The Kier molecular flexibility index (Phi) is 4.55. The van der Waals surface area contributed by atoms with Crippen molar-refractivity contribution in [3.63, 3.8) is 0 Å². The zero-order chi connectivity index (χ0) is 10.6. The summed E-state index contributed by atoms with van der Waals surface area (Å²) < 4.78 is 0. The number of rotatable bonds is 5. The lowest BCUT2D eigenvalue weighted by Crippen LogP contribution is -2.24. The van der Waals surface area contributed by atoms with Crippen LogP contribution in [0.2, 0.25) is 0 Å². The van der Waals surface area contributed by atoms with Crippen LogP contribution in [0.3, 0.4) is 0 Å². The van der Waals surface area contributed by atoms with E-state index in [0.29, 0.717) is 12.0 Å². The topological polar surface area (TPSA) is 24.9 Å². The Morgan fingerprint density at radius 2 is 2.14 bits per heavy atom. The van der Waals surface area contributed by atoms with E-state index in [0.717, 1.165) is 6.54 Å². The average Bonchev–Trinajstić information content (AvgIpc) is 2.62. The molecule has 1 rings (SSSR count). The zero-order valence-electron chi connectivity index (χ0n) is 9.50. The van der Waals surface area contributed by atoms with Crippen molar-refractivity contribution in [2.45, 2.75) is 52.6 Å². The Balaban J connectivity index is 2.44. The molecule has 0 amide bonds. The van der Waals surface area contributed by atoms with Gasteiger partial charge in [0.2, 0.25) is 0 Å². The van der Waals surface area contributed by atoms with Crippen LogP contribution in [0.15, 0.2) is 5.38 Å². The normalized spacial score (nSPS) is 13.5. The molecule has 1 heterocycles. The fourth-order valence-corrected chi connectivity index (χ4v) is 1.93. The lowest BCUT2D eigenvalue weighted by molar-refractivity contribution is 0.529. The SMILES string of the molecule is CCC(C)NCc1csc(C(C)C)n1. The molecule has 0 aliphatic carbocycles. The van der Waals surface area contributed by atoms with Crippen LogP contribution in [0.5, 0.6) is 0 Å². The van der Waals surface area contributed by atoms with E-state index in [1.807, 2.05) is 0 Å². The fourth-order valence-electron chi connectivity index (χ4n) is 1.09. The van der Waals surface area contributed by atoms with E-state index in [4.69, 9.17) is 0 Å². The van der Waals surface area contributed by atoms with Crippen molar-refractivity contribution >= 4 is 11.3 Å². The van der Waals surface area contributed by atoms with Gasteiger partial charge in [-0.25, -0.2) is 4.98 Å². The molecule has 1 atom stereocenters. The number of nitrogens with zero attached hydrogens (tertiary/aromatic N) is 1. The van der Waals surface area contributed by atoms with Crippen molar-refractivity contribution in [3.8, 4) is 0 Å². The maximum absolute atomic E-state index is 4.57. The molecule has 0 aliphatic heterocycles. The van der Waals surface area contributed by atoms with Gasteiger partial charge in [-0.05, 0) is 13.3 Å². The van der Waals surface area contributed by atoms with Crippen molar-refractivity contribution in [1.82, 2.24) is 10.3 Å². The van der Waals surface area contributed by atoms with Crippen LogP contribution in [0.25, 0.3) is 0 Å². The molecule has 0 saturated carbocycles. The Labute approximate surface area is 90.8 Å². The third-order valence-corrected chi connectivity index (χ3v) is 3.50. The lowest BCUT2D eigenvalue weighted by atomic mass is 10.2. The number of hydrogen-bond donors (Lipinski definition) is 1. The second kappa shape index (κ2) is 5.47. The Morgan fingerprint density at radius 1 is 1.43 bits per heavy atom. The highest BCUT2D eigenvalue weighted by Gasteiger charge is 2.06. The molecule has 0 spiro atoms. The highest BCUT2D eigenvalue weighted by Crippen LogP contribution is 2.18. The minimum absolute atomic E-state index is 0.553. The summed E-state index contributed by atoms with van der Waals surface area (Å²) in [5.41, 5.74) is 1.18. The van der Waals surface area contributed by atoms with E-state index in [9.17, 15) is 0 Å². The first kappa shape index (κ1) is 11.7. The maximum atomic E-state index is 4.57. The number of hydrogen-bond acceptors (Lipinski definition) is 3. The van der Waals surface area contributed by atoms with Crippen LogP contribution in [0.4, 0.5) is 0 Å². The molecule has 1 N–H and O–H groups in total. The minimum atomic E-state index is 0.553. The van der Waals surface area contributed by atoms with E-state index in [2.05, 4.69) is 43.4 Å². The molecule has 0 aliphatic rings. The smallest absolute Gasteiger partial charge is 0.0954 e. The summed E-state index contributed by atoms with van der Waals surface area (Å²) in [6.07, 6.45) is 1.17. The van der Waals surface area contributed by atoms with Crippen LogP contribution in [0.1, 0.15) is 50.7 Å². The van der Waals surface area contributed by atoms with Gasteiger partial charge in [0, 0.05) is 23.9 Å². The first-order valence-electron chi connectivity index (χ1n) is 5.31. The van der Waals surface area contributed by atoms with Gasteiger partial charge in [-0.2, -0.15) is 0 Å². The van der Waals surface area contributed by atoms with Crippen LogP contribution in [0, 0.1) is 0 Å². The molecule has 0 saturated heterocycles. The fraction of sp³-hybridized carbons (Fsp3) is 0.727. The molecule has 80 valence electrons. The second-order valence-electron chi connectivity index (χ2n) is 4.02.